The van der Waals surface area contributed by atoms with Crippen LogP contribution in [-0.4, -0.2) is 15.0 Å². The second-order valence-electron chi connectivity index (χ2n) is 6.07. The van der Waals surface area contributed by atoms with E-state index in [0.717, 1.165) is 33.5 Å². The Morgan fingerprint density at radius 3 is 2.42 bits per heavy atom. The van der Waals surface area contributed by atoms with Crippen molar-refractivity contribution in [3.63, 3.8) is 0 Å². The highest BCUT2D eigenvalue weighted by Gasteiger charge is 2.07. The molecule has 0 aliphatic carbocycles. The average Bonchev–Trinajstić information content (AvgIpc) is 2.62. The molecule has 2 aromatic carbocycles. The number of nitrogens with one attached hydrogen (secondary N) is 1. The molecule has 6 nitrogen and oxygen atoms in total. The van der Waals surface area contributed by atoms with Crippen LogP contribution in [0.3, 0.4) is 0 Å². The third kappa shape index (κ3) is 3.12. The van der Waals surface area contributed by atoms with Gasteiger partial charge in [0, 0.05) is 34.1 Å². The summed E-state index contributed by atoms with van der Waals surface area (Å²) >= 11 is 0. The minimum atomic E-state index is 0.238. The number of pyridine rings is 1. The second kappa shape index (κ2) is 6.33. The number of nitrogens with zero attached hydrogens (tertiary/aromatic N) is 3. The minimum absolute atomic E-state index is 0.238. The van der Waals surface area contributed by atoms with Crippen LogP contribution in [0, 0.1) is 6.92 Å². The summed E-state index contributed by atoms with van der Waals surface area (Å²) in [5.74, 6) is 0.878. The van der Waals surface area contributed by atoms with Crippen molar-refractivity contribution in [1.29, 1.82) is 0 Å². The number of aryl methyl sites for hydroxylation is 1. The molecule has 2 heterocycles. The van der Waals surface area contributed by atoms with Gasteiger partial charge in [0.05, 0.1) is 11.2 Å². The number of rotatable bonds is 3. The van der Waals surface area contributed by atoms with Crippen LogP contribution in [0.5, 0.6) is 0 Å². The van der Waals surface area contributed by atoms with E-state index in [-0.39, 0.29) is 5.95 Å². The van der Waals surface area contributed by atoms with Gasteiger partial charge in [-0.3, -0.25) is 0 Å². The number of fused-ring (bicyclic) bond motifs is 1. The highest BCUT2D eigenvalue weighted by molar-refractivity contribution is 5.95. The van der Waals surface area contributed by atoms with Crippen molar-refractivity contribution in [3.8, 4) is 11.3 Å². The summed E-state index contributed by atoms with van der Waals surface area (Å²) in [4.78, 5) is 13.0. The fraction of sp³-hybridized carbons (Fsp3) is 0.0500. The first-order valence-corrected chi connectivity index (χ1v) is 8.22. The van der Waals surface area contributed by atoms with Gasteiger partial charge in [-0.25, -0.2) is 9.97 Å². The van der Waals surface area contributed by atoms with E-state index in [4.69, 9.17) is 16.5 Å². The van der Waals surface area contributed by atoms with Crippen molar-refractivity contribution in [3.05, 3.63) is 66.4 Å². The smallest absolute Gasteiger partial charge is 0.222 e. The SMILES string of the molecule is Cc1cc(Nc2ccc3nc(-c4ccccc4)cc(N)c3c2)nc(N)n1. The van der Waals surface area contributed by atoms with E-state index in [1.165, 1.54) is 0 Å². The van der Waals surface area contributed by atoms with Gasteiger partial charge in [-0.15, -0.1) is 0 Å². The highest BCUT2D eigenvalue weighted by Crippen LogP contribution is 2.29. The Morgan fingerprint density at radius 1 is 0.846 bits per heavy atom. The van der Waals surface area contributed by atoms with E-state index in [1.54, 1.807) is 0 Å². The van der Waals surface area contributed by atoms with Crippen molar-refractivity contribution in [2.75, 3.05) is 16.8 Å². The molecule has 0 fully saturated rings. The van der Waals surface area contributed by atoms with Gasteiger partial charge in [-0.1, -0.05) is 30.3 Å². The van der Waals surface area contributed by atoms with Crippen LogP contribution in [-0.2, 0) is 0 Å². The van der Waals surface area contributed by atoms with E-state index in [2.05, 4.69) is 15.3 Å². The van der Waals surface area contributed by atoms with Crippen LogP contribution in [0.2, 0.25) is 0 Å². The van der Waals surface area contributed by atoms with E-state index < -0.39 is 0 Å². The third-order valence-corrected chi connectivity index (χ3v) is 4.05. The fourth-order valence-corrected chi connectivity index (χ4v) is 2.89. The molecule has 6 heteroatoms. The molecule has 0 spiro atoms. The van der Waals surface area contributed by atoms with Gasteiger partial charge in [0.1, 0.15) is 5.82 Å². The van der Waals surface area contributed by atoms with E-state index in [1.807, 2.05) is 67.6 Å². The molecule has 2 aromatic heterocycles. The van der Waals surface area contributed by atoms with Crippen LogP contribution in [0.1, 0.15) is 5.69 Å². The Morgan fingerprint density at radius 2 is 1.65 bits per heavy atom. The number of nitrogens with two attached hydrogens (primary N) is 2. The average molecular weight is 342 g/mol. The number of nitrogen functional groups attached to an aromatic ring is 2. The largest absolute Gasteiger partial charge is 0.398 e. The number of benzene rings is 2. The zero-order valence-electron chi connectivity index (χ0n) is 14.3. The lowest BCUT2D eigenvalue weighted by molar-refractivity contribution is 1.12. The van der Waals surface area contributed by atoms with Crippen molar-refractivity contribution < 1.29 is 0 Å². The molecule has 0 aliphatic rings. The monoisotopic (exact) mass is 342 g/mol. The Balaban J connectivity index is 1.72. The molecular weight excluding hydrogens is 324 g/mol. The van der Waals surface area contributed by atoms with Gasteiger partial charge in [-0.2, -0.15) is 4.98 Å². The predicted octanol–water partition coefficient (Wildman–Crippen LogP) is 3.91. The molecular formula is C20H18N6. The van der Waals surface area contributed by atoms with Crippen molar-refractivity contribution in [2.24, 2.45) is 0 Å². The number of hydrogen-bond donors (Lipinski definition) is 3. The third-order valence-electron chi connectivity index (χ3n) is 4.05. The Labute approximate surface area is 150 Å². The molecule has 0 aliphatic heterocycles. The molecule has 0 unspecified atom stereocenters. The predicted molar refractivity (Wildman–Crippen MR) is 106 cm³/mol. The molecule has 4 aromatic rings. The zero-order valence-corrected chi connectivity index (χ0v) is 14.3. The first kappa shape index (κ1) is 15.8. The lowest BCUT2D eigenvalue weighted by Crippen LogP contribution is -2.01. The summed E-state index contributed by atoms with van der Waals surface area (Å²) < 4.78 is 0. The Kier molecular flexibility index (Phi) is 3.85. The molecule has 5 N–H and O–H groups in total. The summed E-state index contributed by atoms with van der Waals surface area (Å²) in [5.41, 5.74) is 17.1. The van der Waals surface area contributed by atoms with E-state index >= 15 is 0 Å². The van der Waals surface area contributed by atoms with Crippen LogP contribution in [0.15, 0.2) is 60.7 Å². The molecule has 0 atom stereocenters. The molecule has 4 rings (SSSR count). The summed E-state index contributed by atoms with van der Waals surface area (Å²) in [6, 6.07) is 19.6. The van der Waals surface area contributed by atoms with Crippen LogP contribution >= 0.6 is 0 Å². The topological polar surface area (TPSA) is 103 Å². The number of anilines is 4. The number of aromatic nitrogens is 3. The maximum absolute atomic E-state index is 6.29. The fourth-order valence-electron chi connectivity index (χ4n) is 2.89. The standard InChI is InChI=1S/C20H18N6/c1-12-9-19(26-20(22)23-12)24-14-7-8-17-15(10-14)16(21)11-18(25-17)13-5-3-2-4-6-13/h2-11H,1H3,(H2,21,25)(H3,22,23,24,26). The summed E-state index contributed by atoms with van der Waals surface area (Å²) in [6.07, 6.45) is 0. The quantitative estimate of drug-likeness (QED) is 0.521. The Bertz CT molecular complexity index is 1070. The van der Waals surface area contributed by atoms with E-state index in [0.29, 0.717) is 11.5 Å². The molecule has 128 valence electrons. The first-order chi connectivity index (χ1) is 12.6. The maximum Gasteiger partial charge on any atom is 0.222 e. The normalized spacial score (nSPS) is 10.8. The summed E-state index contributed by atoms with van der Waals surface area (Å²) in [7, 11) is 0. The second-order valence-corrected chi connectivity index (χ2v) is 6.07. The van der Waals surface area contributed by atoms with Crippen LogP contribution in [0.4, 0.5) is 23.1 Å². The first-order valence-electron chi connectivity index (χ1n) is 8.22. The van der Waals surface area contributed by atoms with Gasteiger partial charge in [0.2, 0.25) is 5.95 Å². The summed E-state index contributed by atoms with van der Waals surface area (Å²) in [5, 5.41) is 4.12. The maximum atomic E-state index is 6.29. The highest BCUT2D eigenvalue weighted by atomic mass is 15.1. The van der Waals surface area contributed by atoms with Crippen LogP contribution in [0.25, 0.3) is 22.2 Å². The van der Waals surface area contributed by atoms with E-state index in [9.17, 15) is 0 Å². The molecule has 0 saturated heterocycles. The molecule has 0 amide bonds. The molecule has 0 saturated carbocycles. The van der Waals surface area contributed by atoms with Gasteiger partial charge < -0.3 is 16.8 Å². The van der Waals surface area contributed by atoms with Gasteiger partial charge >= 0.3 is 0 Å². The molecule has 0 radical (unpaired) electrons. The molecule has 0 bridgehead atoms. The van der Waals surface area contributed by atoms with Crippen molar-refractivity contribution in [1.82, 2.24) is 15.0 Å². The minimum Gasteiger partial charge on any atom is -0.398 e. The van der Waals surface area contributed by atoms with Gasteiger partial charge in [-0.05, 0) is 31.2 Å². The van der Waals surface area contributed by atoms with Gasteiger partial charge in [0.15, 0.2) is 0 Å². The zero-order chi connectivity index (χ0) is 18.1. The number of hydrogen-bond acceptors (Lipinski definition) is 6. The van der Waals surface area contributed by atoms with Crippen molar-refractivity contribution >= 4 is 34.0 Å². The summed E-state index contributed by atoms with van der Waals surface area (Å²) in [6.45, 7) is 1.87. The van der Waals surface area contributed by atoms with Crippen molar-refractivity contribution in [2.45, 2.75) is 6.92 Å². The van der Waals surface area contributed by atoms with Gasteiger partial charge in [0.25, 0.3) is 0 Å². The molecule has 26 heavy (non-hydrogen) atoms. The Hall–Kier alpha value is -3.67. The lowest BCUT2D eigenvalue weighted by Gasteiger charge is -2.10. The lowest BCUT2D eigenvalue weighted by atomic mass is 10.1. The van der Waals surface area contributed by atoms with Crippen LogP contribution < -0.4 is 16.8 Å².